The van der Waals surface area contributed by atoms with Crippen molar-refractivity contribution in [1.29, 1.82) is 0 Å². The molecule has 1 saturated heterocycles. The molecule has 1 unspecified atom stereocenters. The number of aryl methyl sites for hydroxylation is 1. The number of nitrogens with zero attached hydrogens (tertiary/aromatic N) is 2. The molecule has 1 atom stereocenters. The summed E-state index contributed by atoms with van der Waals surface area (Å²) in [5.41, 5.74) is -7.29. The Kier molecular flexibility index (Phi) is 8.38. The number of aromatic nitrogens is 1. The summed E-state index contributed by atoms with van der Waals surface area (Å²) < 4.78 is 91.6. The van der Waals surface area contributed by atoms with Crippen molar-refractivity contribution in [2.45, 2.75) is 56.7 Å². The number of halogens is 6. The van der Waals surface area contributed by atoms with Gasteiger partial charge in [0.1, 0.15) is 17.0 Å². The Morgan fingerprint density at radius 2 is 1.63 bits per heavy atom. The standard InChI is InChI=1S/C29H27F6N3O5/c1-4-8-17-15-18(27(41,28(30,31)32)29(33,34)35)13-14-21(17)43-23-12-7-9-19(36-23)16-38-24(39)26(2,37-25(38)40)20-10-5-6-11-22(20)42-3/h5-7,9-15,41H,4,8,16H2,1-3H3,(H,37,40). The lowest BCUT2D eigenvalue weighted by Crippen LogP contribution is -2.53. The van der Waals surface area contributed by atoms with E-state index in [2.05, 4.69) is 10.3 Å². The van der Waals surface area contributed by atoms with Gasteiger partial charge >= 0.3 is 18.4 Å². The summed E-state index contributed by atoms with van der Waals surface area (Å²) in [6.07, 6.45) is -11.7. The number of imide groups is 1. The fourth-order valence-corrected chi connectivity index (χ4v) is 4.81. The lowest BCUT2D eigenvalue weighted by Gasteiger charge is -2.33. The van der Waals surface area contributed by atoms with Gasteiger partial charge in [0.2, 0.25) is 5.88 Å². The second kappa shape index (κ2) is 11.4. The number of carbonyl (C=O) groups excluding carboxylic acids is 2. The van der Waals surface area contributed by atoms with Gasteiger partial charge in [-0.05, 0) is 43.2 Å². The van der Waals surface area contributed by atoms with Gasteiger partial charge in [-0.15, -0.1) is 0 Å². The van der Waals surface area contributed by atoms with Crippen LogP contribution in [0.15, 0.2) is 60.7 Å². The molecule has 43 heavy (non-hydrogen) atoms. The van der Waals surface area contributed by atoms with Crippen LogP contribution in [0.25, 0.3) is 0 Å². The third kappa shape index (κ3) is 5.70. The first-order chi connectivity index (χ1) is 20.1. The highest BCUT2D eigenvalue weighted by Crippen LogP contribution is 2.50. The van der Waals surface area contributed by atoms with E-state index in [4.69, 9.17) is 9.47 Å². The predicted molar refractivity (Wildman–Crippen MR) is 140 cm³/mol. The summed E-state index contributed by atoms with van der Waals surface area (Å²) in [5.74, 6) is -0.352. The molecular weight excluding hydrogens is 584 g/mol. The van der Waals surface area contributed by atoms with Gasteiger partial charge in [-0.1, -0.05) is 43.7 Å². The smallest absolute Gasteiger partial charge is 0.430 e. The van der Waals surface area contributed by atoms with E-state index in [-0.39, 0.29) is 35.9 Å². The number of carbonyl (C=O) groups is 2. The molecule has 1 aromatic heterocycles. The largest absolute Gasteiger partial charge is 0.496 e. The molecule has 8 nitrogen and oxygen atoms in total. The van der Waals surface area contributed by atoms with Crippen molar-refractivity contribution in [2.24, 2.45) is 0 Å². The average molecular weight is 612 g/mol. The molecule has 3 aromatic rings. The fraction of sp³-hybridized carbons (Fsp3) is 0.345. The summed E-state index contributed by atoms with van der Waals surface area (Å²) in [4.78, 5) is 31.5. The molecule has 2 N–H and O–H groups in total. The van der Waals surface area contributed by atoms with Crippen molar-refractivity contribution >= 4 is 11.9 Å². The van der Waals surface area contributed by atoms with Crippen molar-refractivity contribution in [3.63, 3.8) is 0 Å². The monoisotopic (exact) mass is 611 g/mol. The van der Waals surface area contributed by atoms with E-state index in [1.807, 2.05) is 0 Å². The van der Waals surface area contributed by atoms with E-state index in [9.17, 15) is 41.0 Å². The Balaban J connectivity index is 1.61. The second-order valence-electron chi connectivity index (χ2n) is 9.99. The number of amides is 3. The number of pyridine rings is 1. The summed E-state index contributed by atoms with van der Waals surface area (Å²) in [5, 5.41) is 12.5. The van der Waals surface area contributed by atoms with E-state index < -0.39 is 41.0 Å². The number of methoxy groups -OCH3 is 1. The molecule has 2 heterocycles. The zero-order valence-corrected chi connectivity index (χ0v) is 23.1. The molecule has 2 aromatic carbocycles. The van der Waals surface area contributed by atoms with Crippen LogP contribution in [0.5, 0.6) is 17.4 Å². The van der Waals surface area contributed by atoms with E-state index >= 15 is 0 Å². The van der Waals surface area contributed by atoms with Crippen molar-refractivity contribution < 1.29 is 50.5 Å². The van der Waals surface area contributed by atoms with Crippen LogP contribution in [0.1, 0.15) is 42.7 Å². The molecule has 0 bridgehead atoms. The lowest BCUT2D eigenvalue weighted by atomic mass is 9.90. The number of urea groups is 1. The van der Waals surface area contributed by atoms with Gasteiger partial charge < -0.3 is 19.9 Å². The summed E-state index contributed by atoms with van der Waals surface area (Å²) in [6.45, 7) is 2.93. The van der Waals surface area contributed by atoms with Crippen molar-refractivity contribution in [1.82, 2.24) is 15.2 Å². The van der Waals surface area contributed by atoms with Crippen LogP contribution in [0.4, 0.5) is 31.1 Å². The molecule has 4 rings (SSSR count). The molecule has 1 fully saturated rings. The van der Waals surface area contributed by atoms with E-state index in [0.717, 1.165) is 11.0 Å². The number of hydrogen-bond donors (Lipinski definition) is 2. The van der Waals surface area contributed by atoms with Gasteiger partial charge in [0.05, 0.1) is 19.3 Å². The maximum absolute atomic E-state index is 13.4. The van der Waals surface area contributed by atoms with Crippen LogP contribution in [0.3, 0.4) is 0 Å². The molecule has 0 spiro atoms. The van der Waals surface area contributed by atoms with Crippen molar-refractivity contribution in [3.05, 3.63) is 83.0 Å². The fourth-order valence-electron chi connectivity index (χ4n) is 4.81. The second-order valence-corrected chi connectivity index (χ2v) is 9.99. The van der Waals surface area contributed by atoms with Gasteiger partial charge in [0, 0.05) is 17.2 Å². The van der Waals surface area contributed by atoms with Crippen LogP contribution < -0.4 is 14.8 Å². The summed E-state index contributed by atoms with van der Waals surface area (Å²) in [7, 11) is 1.43. The molecule has 0 radical (unpaired) electrons. The lowest BCUT2D eigenvalue weighted by molar-refractivity contribution is -0.376. The number of nitrogens with one attached hydrogen (secondary N) is 1. The van der Waals surface area contributed by atoms with Crippen LogP contribution in [0, 0.1) is 0 Å². The van der Waals surface area contributed by atoms with Crippen LogP contribution in [-0.4, -0.2) is 46.4 Å². The SMILES string of the molecule is CCCc1cc(C(O)(C(F)(F)F)C(F)(F)F)ccc1Oc1cccc(CN2C(=O)NC(C)(c3ccccc3OC)C2=O)n1. The van der Waals surface area contributed by atoms with Gasteiger partial charge in [0.25, 0.3) is 11.5 Å². The first-order valence-corrected chi connectivity index (χ1v) is 13.0. The number of para-hydroxylation sites is 1. The Morgan fingerprint density at radius 3 is 2.26 bits per heavy atom. The third-order valence-electron chi connectivity index (χ3n) is 7.05. The zero-order valence-electron chi connectivity index (χ0n) is 23.1. The Morgan fingerprint density at radius 1 is 0.953 bits per heavy atom. The van der Waals surface area contributed by atoms with Crippen molar-refractivity contribution in [3.8, 4) is 17.4 Å². The highest BCUT2D eigenvalue weighted by atomic mass is 19.4. The van der Waals surface area contributed by atoms with E-state index in [1.165, 1.54) is 32.2 Å². The molecule has 14 heteroatoms. The first-order valence-electron chi connectivity index (χ1n) is 13.0. The molecule has 1 aliphatic rings. The number of hydrogen-bond acceptors (Lipinski definition) is 6. The predicted octanol–water partition coefficient (Wildman–Crippen LogP) is 6.11. The van der Waals surface area contributed by atoms with Crippen LogP contribution in [0.2, 0.25) is 0 Å². The van der Waals surface area contributed by atoms with Gasteiger partial charge in [-0.25, -0.2) is 9.78 Å². The van der Waals surface area contributed by atoms with Crippen LogP contribution in [-0.2, 0) is 28.9 Å². The number of alkyl halides is 6. The summed E-state index contributed by atoms with van der Waals surface area (Å²) in [6, 6.07) is 12.4. The Bertz CT molecular complexity index is 1510. The maximum atomic E-state index is 13.4. The zero-order chi connectivity index (χ0) is 31.8. The van der Waals surface area contributed by atoms with Gasteiger partial charge in [-0.3, -0.25) is 9.69 Å². The van der Waals surface area contributed by atoms with Crippen molar-refractivity contribution in [2.75, 3.05) is 7.11 Å². The number of aliphatic hydroxyl groups is 1. The topological polar surface area (TPSA) is 101 Å². The molecule has 0 saturated carbocycles. The van der Waals surface area contributed by atoms with E-state index in [0.29, 0.717) is 29.9 Å². The van der Waals surface area contributed by atoms with Gasteiger partial charge in [-0.2, -0.15) is 26.3 Å². The maximum Gasteiger partial charge on any atom is 0.430 e. The third-order valence-corrected chi connectivity index (χ3v) is 7.05. The average Bonchev–Trinajstić information content (AvgIpc) is 3.16. The number of ether oxygens (including phenoxy) is 2. The highest BCUT2D eigenvalue weighted by Gasteiger charge is 2.71. The Labute approximate surface area is 242 Å². The van der Waals surface area contributed by atoms with Gasteiger partial charge in [0.15, 0.2) is 0 Å². The number of rotatable bonds is 9. The molecular formula is C29H27F6N3O5. The first kappa shape index (κ1) is 31.6. The minimum absolute atomic E-state index is 0.0264. The molecule has 1 aliphatic heterocycles. The minimum atomic E-state index is -6.03. The highest BCUT2D eigenvalue weighted by molar-refractivity contribution is 6.07. The van der Waals surface area contributed by atoms with E-state index in [1.54, 1.807) is 31.2 Å². The molecule has 230 valence electrons. The Hall–Kier alpha value is -4.33. The molecule has 3 amide bonds. The van der Waals surface area contributed by atoms with Crippen LogP contribution >= 0.6 is 0 Å². The number of benzene rings is 2. The minimum Gasteiger partial charge on any atom is -0.496 e. The normalized spacial score (nSPS) is 17.7. The molecule has 0 aliphatic carbocycles. The quantitative estimate of drug-likeness (QED) is 0.224. The summed E-state index contributed by atoms with van der Waals surface area (Å²) >= 11 is 0.